The molecule has 158 valence electrons. The number of carbonyl (C=O) groups excluding carboxylic acids is 2. The van der Waals surface area contributed by atoms with Gasteiger partial charge in [-0.15, -0.1) is 0 Å². The van der Waals surface area contributed by atoms with Gasteiger partial charge >= 0.3 is 0 Å². The van der Waals surface area contributed by atoms with Crippen LogP contribution in [0.1, 0.15) is 25.0 Å². The van der Waals surface area contributed by atoms with Crippen molar-refractivity contribution in [2.45, 2.75) is 20.4 Å². The van der Waals surface area contributed by atoms with Crippen LogP contribution in [0.3, 0.4) is 0 Å². The molecule has 0 atom stereocenters. The zero-order valence-electron chi connectivity index (χ0n) is 17.5. The lowest BCUT2D eigenvalue weighted by Crippen LogP contribution is -2.27. The van der Waals surface area contributed by atoms with E-state index >= 15 is 0 Å². The molecular formula is C25H23NO4S. The summed E-state index contributed by atoms with van der Waals surface area (Å²) in [6.07, 6.45) is 1.73. The van der Waals surface area contributed by atoms with E-state index in [2.05, 4.69) is 0 Å². The first-order valence-corrected chi connectivity index (χ1v) is 11.0. The first-order valence-electron chi connectivity index (χ1n) is 10.2. The molecule has 31 heavy (non-hydrogen) atoms. The number of imide groups is 1. The van der Waals surface area contributed by atoms with Crippen molar-refractivity contribution in [1.82, 2.24) is 4.90 Å². The molecule has 1 saturated heterocycles. The highest BCUT2D eigenvalue weighted by Gasteiger charge is 2.35. The molecule has 3 aromatic rings. The molecule has 0 radical (unpaired) electrons. The fourth-order valence-corrected chi connectivity index (χ4v) is 4.38. The average Bonchev–Trinajstić information content (AvgIpc) is 3.03. The summed E-state index contributed by atoms with van der Waals surface area (Å²) < 4.78 is 11.3. The molecule has 4 rings (SSSR count). The summed E-state index contributed by atoms with van der Waals surface area (Å²) in [5.41, 5.74) is 1.73. The molecule has 3 aromatic carbocycles. The molecule has 0 spiro atoms. The van der Waals surface area contributed by atoms with Gasteiger partial charge in [-0.1, -0.05) is 48.5 Å². The Bertz CT molecular complexity index is 1170. The first-order chi connectivity index (χ1) is 15.1. The Morgan fingerprint density at radius 3 is 2.45 bits per heavy atom. The highest BCUT2D eigenvalue weighted by molar-refractivity contribution is 8.18. The Kier molecular flexibility index (Phi) is 6.28. The molecule has 0 aliphatic carbocycles. The molecule has 0 aromatic heterocycles. The van der Waals surface area contributed by atoms with E-state index in [9.17, 15) is 9.59 Å². The molecular weight excluding hydrogens is 410 g/mol. The van der Waals surface area contributed by atoms with E-state index in [4.69, 9.17) is 9.47 Å². The van der Waals surface area contributed by atoms with Gasteiger partial charge in [-0.25, -0.2) is 0 Å². The minimum atomic E-state index is -0.283. The normalized spacial score (nSPS) is 15.2. The predicted octanol–water partition coefficient (Wildman–Crippen LogP) is 5.87. The fraction of sp³-hybridized carbons (Fsp3) is 0.200. The first kappa shape index (κ1) is 21.0. The summed E-state index contributed by atoms with van der Waals surface area (Å²) in [5, 5.41) is 1.86. The second-order valence-corrected chi connectivity index (χ2v) is 7.97. The summed E-state index contributed by atoms with van der Waals surface area (Å²) in [6, 6.07) is 19.4. The van der Waals surface area contributed by atoms with Crippen LogP contribution in [0, 0.1) is 0 Å². The van der Waals surface area contributed by atoms with E-state index in [1.54, 1.807) is 6.08 Å². The summed E-state index contributed by atoms with van der Waals surface area (Å²) >= 11 is 0.961. The molecule has 6 heteroatoms. The van der Waals surface area contributed by atoms with Gasteiger partial charge < -0.3 is 9.47 Å². The van der Waals surface area contributed by atoms with E-state index in [1.165, 1.54) is 4.90 Å². The molecule has 0 saturated carbocycles. The third-order valence-electron chi connectivity index (χ3n) is 4.95. The molecule has 0 unspecified atom stereocenters. The van der Waals surface area contributed by atoms with Gasteiger partial charge in [0.05, 0.1) is 24.7 Å². The van der Waals surface area contributed by atoms with E-state index in [0.717, 1.165) is 33.7 Å². The number of fused-ring (bicyclic) bond motifs is 1. The standard InChI is InChI=1S/C25H23NO4S/c1-3-29-21-13-12-17(14-22(21)30-4-2)15-23-24(27)26(25(28)31-23)16-19-10-7-9-18-8-5-6-11-20(18)19/h5-15H,3-4,16H2,1-2H3/b23-15-. The SMILES string of the molecule is CCOc1ccc(/C=C2\SC(=O)N(Cc3cccc4ccccc34)C2=O)cc1OCC. The van der Waals surface area contributed by atoms with E-state index < -0.39 is 0 Å². The van der Waals surface area contributed by atoms with E-state index in [0.29, 0.717) is 29.6 Å². The molecule has 5 nitrogen and oxygen atoms in total. The minimum absolute atomic E-state index is 0.247. The second kappa shape index (κ2) is 9.27. The molecule has 1 aliphatic rings. The van der Waals surface area contributed by atoms with E-state index in [-0.39, 0.29) is 17.7 Å². The number of thioether (sulfide) groups is 1. The van der Waals surface area contributed by atoms with Crippen LogP contribution in [0.5, 0.6) is 11.5 Å². The molecule has 1 fully saturated rings. The maximum atomic E-state index is 13.0. The maximum absolute atomic E-state index is 13.0. The van der Waals surface area contributed by atoms with Crippen LogP contribution in [-0.2, 0) is 11.3 Å². The Hall–Kier alpha value is -3.25. The Balaban J connectivity index is 1.59. The van der Waals surface area contributed by atoms with Crippen LogP contribution < -0.4 is 9.47 Å². The summed E-state index contributed by atoms with van der Waals surface area (Å²) in [6.45, 7) is 5.10. The largest absolute Gasteiger partial charge is 0.490 e. The third-order valence-corrected chi connectivity index (χ3v) is 5.85. The monoisotopic (exact) mass is 433 g/mol. The molecule has 1 aliphatic heterocycles. The minimum Gasteiger partial charge on any atom is -0.490 e. The van der Waals surface area contributed by atoms with Crippen molar-refractivity contribution in [3.8, 4) is 11.5 Å². The highest BCUT2D eigenvalue weighted by Crippen LogP contribution is 2.36. The Morgan fingerprint density at radius 2 is 1.65 bits per heavy atom. The van der Waals surface area contributed by atoms with Crippen LogP contribution in [0.4, 0.5) is 4.79 Å². The van der Waals surface area contributed by atoms with Crippen molar-refractivity contribution in [2.75, 3.05) is 13.2 Å². The van der Waals surface area contributed by atoms with Crippen molar-refractivity contribution < 1.29 is 19.1 Å². The zero-order chi connectivity index (χ0) is 21.8. The number of amides is 2. The van der Waals surface area contributed by atoms with Gasteiger partial charge in [0.1, 0.15) is 0 Å². The van der Waals surface area contributed by atoms with Crippen molar-refractivity contribution in [3.05, 3.63) is 76.7 Å². The van der Waals surface area contributed by atoms with Crippen molar-refractivity contribution in [2.24, 2.45) is 0 Å². The number of rotatable bonds is 7. The Morgan fingerprint density at radius 1 is 0.903 bits per heavy atom. The van der Waals surface area contributed by atoms with Crippen molar-refractivity contribution >= 4 is 39.8 Å². The van der Waals surface area contributed by atoms with Crippen LogP contribution in [-0.4, -0.2) is 29.3 Å². The van der Waals surface area contributed by atoms with E-state index in [1.807, 2.05) is 74.5 Å². The topological polar surface area (TPSA) is 55.8 Å². The van der Waals surface area contributed by atoms with Crippen molar-refractivity contribution in [3.63, 3.8) is 0 Å². The zero-order valence-corrected chi connectivity index (χ0v) is 18.3. The number of hydrogen-bond acceptors (Lipinski definition) is 5. The fourth-order valence-electron chi connectivity index (χ4n) is 3.55. The smallest absolute Gasteiger partial charge is 0.293 e. The molecule has 1 heterocycles. The summed E-state index contributed by atoms with van der Waals surface area (Å²) in [4.78, 5) is 27.3. The number of benzene rings is 3. The summed E-state index contributed by atoms with van der Waals surface area (Å²) in [7, 11) is 0. The lowest BCUT2D eigenvalue weighted by molar-refractivity contribution is -0.123. The number of ether oxygens (including phenoxy) is 2. The van der Waals surface area contributed by atoms with Crippen LogP contribution in [0.15, 0.2) is 65.6 Å². The third kappa shape index (κ3) is 4.44. The maximum Gasteiger partial charge on any atom is 0.293 e. The van der Waals surface area contributed by atoms with Gasteiger partial charge in [-0.2, -0.15) is 0 Å². The van der Waals surface area contributed by atoms with Gasteiger partial charge in [-0.05, 0) is 65.7 Å². The van der Waals surface area contributed by atoms with Crippen molar-refractivity contribution in [1.29, 1.82) is 0 Å². The van der Waals surface area contributed by atoms with Gasteiger partial charge in [0.25, 0.3) is 11.1 Å². The highest BCUT2D eigenvalue weighted by atomic mass is 32.2. The van der Waals surface area contributed by atoms with Gasteiger partial charge in [0.2, 0.25) is 0 Å². The quantitative estimate of drug-likeness (QED) is 0.436. The second-order valence-electron chi connectivity index (χ2n) is 6.98. The molecule has 0 bridgehead atoms. The van der Waals surface area contributed by atoms with Crippen LogP contribution >= 0.6 is 11.8 Å². The number of carbonyl (C=O) groups is 2. The number of nitrogens with zero attached hydrogens (tertiary/aromatic N) is 1. The lowest BCUT2D eigenvalue weighted by Gasteiger charge is -2.14. The lowest BCUT2D eigenvalue weighted by atomic mass is 10.0. The molecule has 0 N–H and O–H groups in total. The Labute approximate surface area is 185 Å². The van der Waals surface area contributed by atoms with Gasteiger partial charge in [0.15, 0.2) is 11.5 Å². The average molecular weight is 434 g/mol. The molecule has 2 amide bonds. The number of hydrogen-bond donors (Lipinski definition) is 0. The van der Waals surface area contributed by atoms with Gasteiger partial charge in [-0.3, -0.25) is 14.5 Å². The van der Waals surface area contributed by atoms with Crippen LogP contribution in [0.25, 0.3) is 16.8 Å². The van der Waals surface area contributed by atoms with Gasteiger partial charge in [0, 0.05) is 0 Å². The van der Waals surface area contributed by atoms with Crippen LogP contribution in [0.2, 0.25) is 0 Å². The summed E-state index contributed by atoms with van der Waals surface area (Å²) in [5.74, 6) is 0.994. The predicted molar refractivity (Wildman–Crippen MR) is 124 cm³/mol.